The summed E-state index contributed by atoms with van der Waals surface area (Å²) in [6.07, 6.45) is -3.77. The number of hydrogen-bond acceptors (Lipinski definition) is 7. The second-order valence-corrected chi connectivity index (χ2v) is 9.34. The minimum Gasteiger partial charge on any atom is -0.454 e. The molecule has 0 N–H and O–H groups in total. The molecule has 3 rings (SSSR count). The van der Waals surface area contributed by atoms with E-state index in [1.807, 2.05) is 0 Å². The third-order valence-corrected chi connectivity index (χ3v) is 5.10. The maximum atomic E-state index is 12.7. The summed E-state index contributed by atoms with van der Waals surface area (Å²) in [6.45, 7) is 1.77. The van der Waals surface area contributed by atoms with E-state index >= 15 is 0 Å². The summed E-state index contributed by atoms with van der Waals surface area (Å²) < 4.78 is 19.5. The van der Waals surface area contributed by atoms with Gasteiger partial charge in [-0.1, -0.05) is 78.1 Å². The molecule has 1 unspecified atom stereocenters. The quantitative estimate of drug-likeness (QED) is 0.342. The van der Waals surface area contributed by atoms with Crippen LogP contribution >= 0.6 is 34.8 Å². The van der Waals surface area contributed by atoms with E-state index in [9.17, 15) is 14.4 Å². The van der Waals surface area contributed by atoms with Crippen molar-refractivity contribution in [2.75, 3.05) is 6.61 Å². The van der Waals surface area contributed by atoms with Gasteiger partial charge in [-0.2, -0.15) is 0 Å². The van der Waals surface area contributed by atoms with E-state index in [0.717, 1.165) is 0 Å². The molecule has 1 aliphatic rings. The highest BCUT2D eigenvalue weighted by Gasteiger charge is 2.48. The molecular weight excluding hydrogens is 483 g/mol. The second-order valence-electron chi connectivity index (χ2n) is 7.05. The molecule has 1 heterocycles. The maximum absolute atomic E-state index is 12.7. The van der Waals surface area contributed by atoms with E-state index in [1.165, 1.54) is 0 Å². The van der Waals surface area contributed by atoms with E-state index in [-0.39, 0.29) is 12.2 Å². The minimum atomic E-state index is -2.38. The van der Waals surface area contributed by atoms with Crippen molar-refractivity contribution >= 4 is 52.7 Å². The van der Waals surface area contributed by atoms with Gasteiger partial charge in [-0.15, -0.1) is 0 Å². The molecule has 2 aromatic carbocycles. The first-order chi connectivity index (χ1) is 15.2. The molecule has 170 valence electrons. The van der Waals surface area contributed by atoms with Crippen LogP contribution in [-0.2, 0) is 23.7 Å². The molecule has 1 saturated heterocycles. The lowest BCUT2D eigenvalue weighted by molar-refractivity contribution is -0.249. The SMILES string of the molecule is C[C@H]1CO[C@@H](OC(=O)C(Cl)(Cl)Cl)C(OC(=O)c2ccccc2)[C@@H]1OC(=O)c1ccccc1. The number of carbonyl (C=O) groups excluding carboxylic acids is 3. The van der Waals surface area contributed by atoms with Crippen LogP contribution in [0.2, 0.25) is 0 Å². The fraction of sp³-hybridized carbons (Fsp3) is 0.318. The largest absolute Gasteiger partial charge is 0.454 e. The molecule has 10 heteroatoms. The van der Waals surface area contributed by atoms with E-state index in [4.69, 9.17) is 53.8 Å². The lowest BCUT2D eigenvalue weighted by Crippen LogP contribution is -2.55. The first-order valence-corrected chi connectivity index (χ1v) is 10.7. The molecule has 0 radical (unpaired) electrons. The van der Waals surface area contributed by atoms with E-state index < -0.39 is 46.1 Å². The molecule has 0 amide bonds. The van der Waals surface area contributed by atoms with Crippen LogP contribution in [0.1, 0.15) is 27.6 Å². The zero-order chi connectivity index (χ0) is 23.3. The van der Waals surface area contributed by atoms with Gasteiger partial charge in [-0.25, -0.2) is 14.4 Å². The standard InChI is InChI=1S/C22H19Cl3O7/c1-13-12-29-20(32-21(28)22(23,24)25)17(31-19(27)15-10-6-3-7-11-15)16(13)30-18(26)14-8-4-2-5-9-14/h2-11,13,16-17,20H,12H2,1H3/t13-,16+,17?,20-/m0/s1. The molecule has 0 bridgehead atoms. The van der Waals surface area contributed by atoms with E-state index in [2.05, 4.69) is 0 Å². The number of halogens is 3. The molecule has 7 nitrogen and oxygen atoms in total. The molecule has 4 atom stereocenters. The van der Waals surface area contributed by atoms with Crippen LogP contribution in [-0.4, -0.2) is 46.8 Å². The minimum absolute atomic E-state index is 0.0317. The Morgan fingerprint density at radius 3 is 1.75 bits per heavy atom. The van der Waals surface area contributed by atoms with Crippen molar-refractivity contribution < 1.29 is 33.3 Å². The number of carbonyl (C=O) groups is 3. The lowest BCUT2D eigenvalue weighted by Gasteiger charge is -2.39. The Hall–Kier alpha value is -2.32. The van der Waals surface area contributed by atoms with E-state index in [1.54, 1.807) is 67.6 Å². The van der Waals surface area contributed by atoms with Gasteiger partial charge in [0.05, 0.1) is 17.7 Å². The Kier molecular flexibility index (Phi) is 8.00. The van der Waals surface area contributed by atoms with Gasteiger partial charge in [-0.05, 0) is 24.3 Å². The van der Waals surface area contributed by atoms with Crippen LogP contribution in [0.3, 0.4) is 0 Å². The predicted molar refractivity (Wildman–Crippen MR) is 117 cm³/mol. The van der Waals surface area contributed by atoms with Crippen LogP contribution in [0, 0.1) is 5.92 Å². The average molecular weight is 502 g/mol. The highest BCUT2D eigenvalue weighted by atomic mass is 35.6. The monoisotopic (exact) mass is 500 g/mol. The van der Waals surface area contributed by atoms with Crippen LogP contribution in [0.4, 0.5) is 0 Å². The van der Waals surface area contributed by atoms with Crippen molar-refractivity contribution in [3.8, 4) is 0 Å². The molecule has 1 fully saturated rings. The van der Waals surface area contributed by atoms with Crippen molar-refractivity contribution in [1.82, 2.24) is 0 Å². The second kappa shape index (κ2) is 10.5. The maximum Gasteiger partial charge on any atom is 0.360 e. The molecule has 2 aromatic rings. The van der Waals surface area contributed by atoms with Gasteiger partial charge in [0.15, 0.2) is 0 Å². The molecule has 0 spiro atoms. The number of rotatable bonds is 5. The number of hydrogen-bond donors (Lipinski definition) is 0. The summed E-state index contributed by atoms with van der Waals surface area (Å²) in [5.74, 6) is -3.00. The van der Waals surface area contributed by atoms with Crippen LogP contribution in [0.5, 0.6) is 0 Å². The van der Waals surface area contributed by atoms with Crippen LogP contribution in [0.15, 0.2) is 60.7 Å². The number of esters is 3. The Balaban J connectivity index is 1.87. The number of alkyl halides is 3. The molecule has 1 aliphatic heterocycles. The van der Waals surface area contributed by atoms with Crippen molar-refractivity contribution in [2.24, 2.45) is 5.92 Å². The summed E-state index contributed by atoms with van der Waals surface area (Å²) in [6, 6.07) is 16.4. The first kappa shape index (κ1) is 24.3. The fourth-order valence-corrected chi connectivity index (χ4v) is 3.16. The molecular formula is C22H19Cl3O7. The van der Waals surface area contributed by atoms with Crippen molar-refractivity contribution in [3.05, 3.63) is 71.8 Å². The Morgan fingerprint density at radius 2 is 1.28 bits per heavy atom. The van der Waals surface area contributed by atoms with Crippen molar-refractivity contribution in [1.29, 1.82) is 0 Å². The van der Waals surface area contributed by atoms with Gasteiger partial charge in [0.1, 0.15) is 6.10 Å². The number of ether oxygens (including phenoxy) is 4. The number of benzene rings is 2. The molecule has 0 aliphatic carbocycles. The van der Waals surface area contributed by atoms with E-state index in [0.29, 0.717) is 5.56 Å². The van der Waals surface area contributed by atoms with Crippen LogP contribution < -0.4 is 0 Å². The topological polar surface area (TPSA) is 88.1 Å². The van der Waals surface area contributed by atoms with Gasteiger partial charge in [0, 0.05) is 5.92 Å². The lowest BCUT2D eigenvalue weighted by atomic mass is 9.96. The Bertz CT molecular complexity index is 947. The smallest absolute Gasteiger partial charge is 0.360 e. The summed E-state index contributed by atoms with van der Waals surface area (Å²) in [5.41, 5.74) is 0.541. The third kappa shape index (κ3) is 6.13. The van der Waals surface area contributed by atoms with Crippen LogP contribution in [0.25, 0.3) is 0 Å². The highest BCUT2D eigenvalue weighted by Crippen LogP contribution is 2.32. The van der Waals surface area contributed by atoms with Crippen molar-refractivity contribution in [3.63, 3.8) is 0 Å². The molecule has 0 aromatic heterocycles. The summed E-state index contributed by atoms with van der Waals surface area (Å²) in [7, 11) is 0. The van der Waals surface area contributed by atoms with Gasteiger partial charge < -0.3 is 18.9 Å². The summed E-state index contributed by atoms with van der Waals surface area (Å²) >= 11 is 16.8. The average Bonchev–Trinajstić information content (AvgIpc) is 2.78. The zero-order valence-electron chi connectivity index (χ0n) is 16.8. The predicted octanol–water partition coefficient (Wildman–Crippen LogP) is 4.34. The van der Waals surface area contributed by atoms with Gasteiger partial charge >= 0.3 is 17.9 Å². The normalized spacial score (nSPS) is 23.1. The Labute approximate surface area is 199 Å². The highest BCUT2D eigenvalue weighted by molar-refractivity contribution is 6.75. The summed E-state index contributed by atoms with van der Waals surface area (Å²) in [4.78, 5) is 37.5. The van der Waals surface area contributed by atoms with Gasteiger partial charge in [-0.3, -0.25) is 0 Å². The van der Waals surface area contributed by atoms with Crippen molar-refractivity contribution in [2.45, 2.75) is 29.2 Å². The molecule has 32 heavy (non-hydrogen) atoms. The summed E-state index contributed by atoms with van der Waals surface area (Å²) in [5, 5.41) is 0. The van der Waals surface area contributed by atoms with Gasteiger partial charge in [0.2, 0.25) is 12.4 Å². The third-order valence-electron chi connectivity index (χ3n) is 4.64. The fourth-order valence-electron chi connectivity index (χ4n) is 3.03. The van der Waals surface area contributed by atoms with Gasteiger partial charge in [0.25, 0.3) is 3.79 Å². The zero-order valence-corrected chi connectivity index (χ0v) is 19.0. The Morgan fingerprint density at radius 1 is 0.812 bits per heavy atom. The molecule has 0 saturated carbocycles. The first-order valence-electron chi connectivity index (χ1n) is 9.58.